The average Bonchev–Trinajstić information content (AvgIpc) is 2.56. The van der Waals surface area contributed by atoms with Crippen LogP contribution in [-0.4, -0.2) is 0 Å². The van der Waals surface area contributed by atoms with E-state index >= 15 is 0 Å². The number of rotatable bonds is 3. The molecular weight excluding hydrogens is 412 g/mol. The predicted molar refractivity (Wildman–Crippen MR) is 106 cm³/mol. The van der Waals surface area contributed by atoms with Crippen molar-refractivity contribution in [1.29, 1.82) is 0 Å². The van der Waals surface area contributed by atoms with Gasteiger partial charge in [0.05, 0.1) is 0 Å². The maximum Gasteiger partial charge on any atom is 0.0175 e. The van der Waals surface area contributed by atoms with E-state index in [1.54, 1.807) is 0 Å². The van der Waals surface area contributed by atoms with Gasteiger partial charge in [0.1, 0.15) is 0 Å². The number of hydrogen-bond donors (Lipinski definition) is 0. The van der Waals surface area contributed by atoms with Crippen LogP contribution in [-0.2, 0) is 0 Å². The van der Waals surface area contributed by atoms with Gasteiger partial charge in [0.25, 0.3) is 0 Å². The highest BCUT2D eigenvalue weighted by Crippen LogP contribution is 2.28. The first-order valence-electron chi connectivity index (χ1n) is 7.42. The third kappa shape index (κ3) is 4.21. The van der Waals surface area contributed by atoms with Gasteiger partial charge in [0.15, 0.2) is 0 Å². The van der Waals surface area contributed by atoms with Gasteiger partial charge in [-0.15, -0.1) is 0 Å². The number of benzene rings is 3. The van der Waals surface area contributed by atoms with Gasteiger partial charge in [-0.2, -0.15) is 0 Å². The maximum atomic E-state index is 3.51. The van der Waals surface area contributed by atoms with Crippen LogP contribution >= 0.6 is 31.9 Å². The molecule has 3 aromatic carbocycles. The van der Waals surface area contributed by atoms with E-state index < -0.39 is 0 Å². The Bertz CT molecular complexity index is 764. The molecule has 0 heterocycles. The Hall–Kier alpha value is -1.64. The van der Waals surface area contributed by atoms with Crippen LogP contribution < -0.4 is 0 Å². The van der Waals surface area contributed by atoms with E-state index in [0.29, 0.717) is 0 Å². The molecule has 0 nitrogen and oxygen atoms in total. The molecule has 0 atom stereocenters. The average molecular weight is 428 g/mol. The summed E-state index contributed by atoms with van der Waals surface area (Å²) in [7, 11) is 0. The van der Waals surface area contributed by atoms with E-state index in [1.807, 2.05) is 0 Å². The first-order chi connectivity index (χ1) is 11.1. The van der Waals surface area contributed by atoms with Crippen molar-refractivity contribution >= 4 is 43.5 Å². The fraction of sp³-hybridized carbons (Fsp3) is 0.0476. The molecule has 3 rings (SSSR count). The van der Waals surface area contributed by atoms with Gasteiger partial charge in [-0.3, -0.25) is 0 Å². The molecule has 23 heavy (non-hydrogen) atoms. The third-order valence-electron chi connectivity index (χ3n) is 3.70. The number of halogens is 2. The van der Waals surface area contributed by atoms with Crippen molar-refractivity contribution in [3.05, 3.63) is 104 Å². The molecule has 0 unspecified atom stereocenters. The zero-order valence-electron chi connectivity index (χ0n) is 12.8. The molecule has 3 aromatic rings. The first-order valence-corrected chi connectivity index (χ1v) is 9.01. The Balaban J connectivity index is 2.10. The lowest BCUT2D eigenvalue weighted by molar-refractivity contribution is 1.46. The molecule has 0 aliphatic heterocycles. The van der Waals surface area contributed by atoms with Crippen molar-refractivity contribution in [3.63, 3.8) is 0 Å². The molecule has 0 bridgehead atoms. The highest BCUT2D eigenvalue weighted by molar-refractivity contribution is 9.10. The topological polar surface area (TPSA) is 0 Å². The summed E-state index contributed by atoms with van der Waals surface area (Å²) in [5.74, 6) is 0. The minimum absolute atomic E-state index is 1.09. The summed E-state index contributed by atoms with van der Waals surface area (Å²) in [4.78, 5) is 0. The van der Waals surface area contributed by atoms with Gasteiger partial charge in [0, 0.05) is 8.95 Å². The highest BCUT2D eigenvalue weighted by atomic mass is 79.9. The van der Waals surface area contributed by atoms with Crippen LogP contribution in [0.3, 0.4) is 0 Å². The molecule has 0 saturated carbocycles. The van der Waals surface area contributed by atoms with Gasteiger partial charge < -0.3 is 0 Å². The highest BCUT2D eigenvalue weighted by Gasteiger charge is 2.06. The van der Waals surface area contributed by atoms with E-state index in [9.17, 15) is 0 Å². The molecular formula is C21H16Br2. The molecule has 0 aliphatic rings. The lowest BCUT2D eigenvalue weighted by Gasteiger charge is -2.10. The normalized spacial score (nSPS) is 10.4. The minimum atomic E-state index is 1.09. The third-order valence-corrected chi connectivity index (χ3v) is 4.76. The Labute approximate surface area is 154 Å². The van der Waals surface area contributed by atoms with Crippen LogP contribution in [0.2, 0.25) is 0 Å². The van der Waals surface area contributed by atoms with Crippen molar-refractivity contribution in [1.82, 2.24) is 0 Å². The minimum Gasteiger partial charge on any atom is -0.0587 e. The van der Waals surface area contributed by atoms with Crippen LogP contribution in [0, 0.1) is 6.92 Å². The van der Waals surface area contributed by atoms with E-state index in [4.69, 9.17) is 0 Å². The molecule has 114 valence electrons. The monoisotopic (exact) mass is 426 g/mol. The smallest absolute Gasteiger partial charge is 0.0175 e. The van der Waals surface area contributed by atoms with Crippen LogP contribution in [0.4, 0.5) is 0 Å². The Morgan fingerprint density at radius 2 is 1.09 bits per heavy atom. The molecule has 0 aromatic heterocycles. The molecule has 0 saturated heterocycles. The molecule has 0 fully saturated rings. The van der Waals surface area contributed by atoms with Crippen molar-refractivity contribution in [2.75, 3.05) is 0 Å². The van der Waals surface area contributed by atoms with Crippen LogP contribution in [0.5, 0.6) is 0 Å². The summed E-state index contributed by atoms with van der Waals surface area (Å²) in [5.41, 5.74) is 6.11. The summed E-state index contributed by atoms with van der Waals surface area (Å²) in [6, 6.07) is 25.5. The fourth-order valence-electron chi connectivity index (χ4n) is 2.42. The summed E-state index contributed by atoms with van der Waals surface area (Å²) in [5, 5.41) is 0. The Kier molecular flexibility index (Phi) is 5.14. The van der Waals surface area contributed by atoms with Crippen LogP contribution in [0.1, 0.15) is 22.3 Å². The van der Waals surface area contributed by atoms with E-state index in [1.165, 1.54) is 27.8 Å². The standard InChI is InChI=1S/C21H16Br2/c1-15-2-4-16(5-3-15)14-21(17-6-10-19(22)11-7-17)18-8-12-20(23)13-9-18/h2-14H,1H3. The van der Waals surface area contributed by atoms with Crippen molar-refractivity contribution in [3.8, 4) is 0 Å². The van der Waals surface area contributed by atoms with Crippen LogP contribution in [0.15, 0.2) is 81.7 Å². The zero-order chi connectivity index (χ0) is 16.2. The summed E-state index contributed by atoms with van der Waals surface area (Å²) < 4.78 is 2.18. The predicted octanol–water partition coefficient (Wildman–Crippen LogP) is 7.11. The lowest BCUT2D eigenvalue weighted by atomic mass is 9.95. The zero-order valence-corrected chi connectivity index (χ0v) is 15.9. The lowest BCUT2D eigenvalue weighted by Crippen LogP contribution is -1.88. The van der Waals surface area contributed by atoms with Crippen molar-refractivity contribution in [2.24, 2.45) is 0 Å². The van der Waals surface area contributed by atoms with Crippen molar-refractivity contribution < 1.29 is 0 Å². The second kappa shape index (κ2) is 7.29. The van der Waals surface area contributed by atoms with E-state index in [-0.39, 0.29) is 0 Å². The first kappa shape index (κ1) is 16.2. The second-order valence-corrected chi connectivity index (χ2v) is 7.31. The number of hydrogen-bond acceptors (Lipinski definition) is 0. The Morgan fingerprint density at radius 3 is 1.52 bits per heavy atom. The Morgan fingerprint density at radius 1 is 0.652 bits per heavy atom. The summed E-state index contributed by atoms with van der Waals surface area (Å²) in [6.45, 7) is 2.11. The van der Waals surface area contributed by atoms with Gasteiger partial charge in [-0.05, 0) is 59.5 Å². The van der Waals surface area contributed by atoms with E-state index in [2.05, 4.69) is 118 Å². The summed E-state index contributed by atoms with van der Waals surface area (Å²) >= 11 is 7.02. The summed E-state index contributed by atoms with van der Waals surface area (Å²) in [6.07, 6.45) is 2.24. The molecule has 0 radical (unpaired) electrons. The molecule has 0 aliphatic carbocycles. The van der Waals surface area contributed by atoms with Crippen molar-refractivity contribution in [2.45, 2.75) is 6.92 Å². The molecule has 0 spiro atoms. The van der Waals surface area contributed by atoms with Gasteiger partial charge in [0.2, 0.25) is 0 Å². The second-order valence-electron chi connectivity index (χ2n) is 5.48. The molecule has 2 heteroatoms. The SMILES string of the molecule is Cc1ccc(C=C(c2ccc(Br)cc2)c2ccc(Br)cc2)cc1. The fourth-order valence-corrected chi connectivity index (χ4v) is 2.95. The van der Waals surface area contributed by atoms with Crippen LogP contribution in [0.25, 0.3) is 11.6 Å². The van der Waals surface area contributed by atoms with E-state index in [0.717, 1.165) is 8.95 Å². The van der Waals surface area contributed by atoms with Gasteiger partial charge in [-0.25, -0.2) is 0 Å². The largest absolute Gasteiger partial charge is 0.0587 e. The molecule has 0 amide bonds. The quantitative estimate of drug-likeness (QED) is 0.390. The molecule has 0 N–H and O–H groups in total. The van der Waals surface area contributed by atoms with Gasteiger partial charge in [-0.1, -0.05) is 86.0 Å². The number of aryl methyl sites for hydroxylation is 1. The van der Waals surface area contributed by atoms with Gasteiger partial charge >= 0.3 is 0 Å². The maximum absolute atomic E-state index is 3.51.